The van der Waals surface area contributed by atoms with Gasteiger partial charge < -0.3 is 10.6 Å². The molecule has 0 fully saturated rings. The number of hydrogen-bond donors (Lipinski definition) is 1. The molecular weight excluding hydrogens is 231 g/mol. The zero-order valence-electron chi connectivity index (χ0n) is 10.4. The summed E-state index contributed by atoms with van der Waals surface area (Å²) in [5.41, 5.74) is 7.52. The van der Waals surface area contributed by atoms with Crippen molar-refractivity contribution in [3.8, 4) is 12.1 Å². The van der Waals surface area contributed by atoms with Gasteiger partial charge in [0.1, 0.15) is 18.9 Å². The lowest BCUT2D eigenvalue weighted by Crippen LogP contribution is -2.26. The highest BCUT2D eigenvalue weighted by atomic mass is 19.1. The lowest BCUT2D eigenvalue weighted by molar-refractivity contribution is 0.612. The van der Waals surface area contributed by atoms with Crippen LogP contribution in [-0.2, 0) is 0 Å². The normalized spacial score (nSPS) is 11.4. The summed E-state index contributed by atoms with van der Waals surface area (Å²) in [6, 6.07) is 6.62. The molecule has 0 bridgehead atoms. The molecule has 0 radical (unpaired) electrons. The van der Waals surface area contributed by atoms with E-state index >= 15 is 0 Å². The topological polar surface area (TPSA) is 76.8 Å². The maximum Gasteiger partial charge on any atom is 0.126 e. The van der Waals surface area contributed by atoms with Gasteiger partial charge in [-0.15, -0.1) is 0 Å². The Balaban J connectivity index is 3.32. The summed E-state index contributed by atoms with van der Waals surface area (Å²) in [5.74, 6) is -0.333. The Bertz CT molecular complexity index is 495. The van der Waals surface area contributed by atoms with E-state index in [4.69, 9.17) is 16.3 Å². The molecule has 0 aliphatic carbocycles. The molecule has 5 heteroatoms. The summed E-state index contributed by atoms with van der Waals surface area (Å²) in [7, 11) is 0. The number of aryl methyl sites for hydroxylation is 1. The van der Waals surface area contributed by atoms with Crippen molar-refractivity contribution in [3.05, 3.63) is 29.1 Å². The van der Waals surface area contributed by atoms with Crippen LogP contribution in [0.5, 0.6) is 0 Å². The molecule has 0 saturated heterocycles. The second-order valence-corrected chi connectivity index (χ2v) is 4.12. The first-order valence-electron chi connectivity index (χ1n) is 5.55. The van der Waals surface area contributed by atoms with Gasteiger partial charge in [-0.25, -0.2) is 4.39 Å². The Hall–Kier alpha value is -2.11. The van der Waals surface area contributed by atoms with Gasteiger partial charge in [0.15, 0.2) is 0 Å². The summed E-state index contributed by atoms with van der Waals surface area (Å²) in [5, 5.41) is 17.5. The summed E-state index contributed by atoms with van der Waals surface area (Å²) in [6.45, 7) is 3.52. The highest BCUT2D eigenvalue weighted by molar-refractivity contribution is 5.58. The van der Waals surface area contributed by atoms with Gasteiger partial charge in [-0.05, 0) is 37.1 Å². The highest BCUT2D eigenvalue weighted by Gasteiger charge is 2.16. The quantitative estimate of drug-likeness (QED) is 0.824. The van der Waals surface area contributed by atoms with E-state index in [1.54, 1.807) is 24.8 Å². The fourth-order valence-corrected chi connectivity index (χ4v) is 1.72. The minimum Gasteiger partial charge on any atom is -0.345 e. The van der Waals surface area contributed by atoms with Crippen molar-refractivity contribution in [2.45, 2.75) is 19.9 Å². The number of nitriles is 2. The average molecular weight is 246 g/mol. The lowest BCUT2D eigenvalue weighted by atomic mass is 10.0. The maximum absolute atomic E-state index is 13.6. The molecule has 4 nitrogen and oxygen atoms in total. The molecule has 0 aliphatic heterocycles. The maximum atomic E-state index is 13.6. The van der Waals surface area contributed by atoms with Crippen LogP contribution in [0.25, 0.3) is 0 Å². The van der Waals surface area contributed by atoms with E-state index in [0.717, 1.165) is 0 Å². The van der Waals surface area contributed by atoms with Crippen molar-refractivity contribution < 1.29 is 4.39 Å². The van der Waals surface area contributed by atoms with Crippen molar-refractivity contribution in [2.75, 3.05) is 18.0 Å². The first-order chi connectivity index (χ1) is 8.51. The molecule has 0 unspecified atom stereocenters. The number of nitrogens with two attached hydrogens (primary N) is 1. The zero-order chi connectivity index (χ0) is 13.7. The van der Waals surface area contributed by atoms with Crippen LogP contribution in [0, 0.1) is 35.4 Å². The Morgan fingerprint density at radius 3 is 2.33 bits per heavy atom. The van der Waals surface area contributed by atoms with Crippen LogP contribution in [0.2, 0.25) is 0 Å². The van der Waals surface area contributed by atoms with E-state index in [2.05, 4.69) is 0 Å². The molecule has 0 saturated carbocycles. The highest BCUT2D eigenvalue weighted by Crippen LogP contribution is 2.28. The number of nitrogens with zero attached hydrogens (tertiary/aromatic N) is 3. The van der Waals surface area contributed by atoms with Crippen LogP contribution in [0.3, 0.4) is 0 Å². The van der Waals surface area contributed by atoms with E-state index < -0.39 is 0 Å². The van der Waals surface area contributed by atoms with E-state index in [-0.39, 0.29) is 24.9 Å². The number of hydrogen-bond acceptors (Lipinski definition) is 4. The monoisotopic (exact) mass is 246 g/mol. The second-order valence-electron chi connectivity index (χ2n) is 4.12. The van der Waals surface area contributed by atoms with Crippen LogP contribution >= 0.6 is 0 Å². The predicted octanol–water partition coefficient (Wildman–Crippen LogP) is 2.01. The zero-order valence-corrected chi connectivity index (χ0v) is 10.4. The molecular formula is C13H15FN4. The summed E-state index contributed by atoms with van der Waals surface area (Å²) in [6.07, 6.45) is 0. The Labute approximate surface area is 106 Å². The molecule has 0 heterocycles. The van der Waals surface area contributed by atoms with Gasteiger partial charge >= 0.3 is 0 Å². The van der Waals surface area contributed by atoms with Crippen molar-refractivity contribution in [2.24, 2.45) is 5.73 Å². The number of halogens is 1. The fraction of sp³-hybridized carbons (Fsp3) is 0.385. The van der Waals surface area contributed by atoms with Crippen LogP contribution < -0.4 is 10.6 Å². The Morgan fingerprint density at radius 2 is 1.89 bits per heavy atom. The fourth-order valence-electron chi connectivity index (χ4n) is 1.72. The molecule has 2 N–H and O–H groups in total. The molecule has 0 spiro atoms. The van der Waals surface area contributed by atoms with Gasteiger partial charge in [0.2, 0.25) is 0 Å². The third-order valence-electron chi connectivity index (χ3n) is 2.66. The molecule has 1 rings (SSSR count). The van der Waals surface area contributed by atoms with Crippen LogP contribution in [0.1, 0.15) is 24.1 Å². The van der Waals surface area contributed by atoms with Gasteiger partial charge in [0.25, 0.3) is 0 Å². The molecule has 1 aromatic carbocycles. The van der Waals surface area contributed by atoms with Gasteiger partial charge in [0, 0.05) is 11.7 Å². The van der Waals surface area contributed by atoms with E-state index in [9.17, 15) is 4.39 Å². The van der Waals surface area contributed by atoms with E-state index in [1.807, 2.05) is 12.1 Å². The smallest absolute Gasteiger partial charge is 0.126 e. The Kier molecular flexibility index (Phi) is 4.65. The summed E-state index contributed by atoms with van der Waals surface area (Å²) < 4.78 is 13.6. The first kappa shape index (κ1) is 14.0. The predicted molar refractivity (Wildman–Crippen MR) is 67.2 cm³/mol. The van der Waals surface area contributed by atoms with E-state index in [0.29, 0.717) is 16.8 Å². The van der Waals surface area contributed by atoms with Crippen molar-refractivity contribution in [1.82, 2.24) is 0 Å². The minimum absolute atomic E-state index is 0.0678. The van der Waals surface area contributed by atoms with E-state index in [1.165, 1.54) is 6.07 Å². The molecule has 1 aromatic rings. The average Bonchev–Trinajstić information content (AvgIpc) is 2.31. The van der Waals surface area contributed by atoms with Crippen molar-refractivity contribution in [3.63, 3.8) is 0 Å². The first-order valence-corrected chi connectivity index (χ1v) is 5.55. The van der Waals surface area contributed by atoms with Gasteiger partial charge in [-0.1, -0.05) is 0 Å². The largest absolute Gasteiger partial charge is 0.345 e. The summed E-state index contributed by atoms with van der Waals surface area (Å²) >= 11 is 0. The third kappa shape index (κ3) is 2.97. The van der Waals surface area contributed by atoms with Crippen LogP contribution in [0.4, 0.5) is 10.1 Å². The van der Waals surface area contributed by atoms with Crippen molar-refractivity contribution >= 4 is 5.69 Å². The Morgan fingerprint density at radius 1 is 1.33 bits per heavy atom. The minimum atomic E-state index is -0.366. The molecule has 1 atom stereocenters. The van der Waals surface area contributed by atoms with Crippen LogP contribution in [-0.4, -0.2) is 13.1 Å². The number of benzene rings is 1. The summed E-state index contributed by atoms with van der Waals surface area (Å²) in [4.78, 5) is 1.59. The van der Waals surface area contributed by atoms with Crippen LogP contribution in [0.15, 0.2) is 12.1 Å². The molecule has 18 heavy (non-hydrogen) atoms. The molecule has 0 aliphatic rings. The van der Waals surface area contributed by atoms with Crippen molar-refractivity contribution in [1.29, 1.82) is 10.5 Å². The third-order valence-corrected chi connectivity index (χ3v) is 2.66. The standard InChI is InChI=1S/C13H15FN4/c1-9-7-13(18(5-3-15)6-4-16)11(10(2)17)8-12(9)14/h7-8,10H,5-6,17H2,1-2H3/t10-/m1/s1. The van der Waals surface area contributed by atoms with Gasteiger partial charge in [-0.2, -0.15) is 10.5 Å². The second kappa shape index (κ2) is 6.00. The number of rotatable bonds is 4. The molecule has 0 aromatic heterocycles. The SMILES string of the molecule is Cc1cc(N(CC#N)CC#N)c([C@@H](C)N)cc1F. The van der Waals surface area contributed by atoms with Gasteiger partial charge in [0.05, 0.1) is 12.1 Å². The van der Waals surface area contributed by atoms with Gasteiger partial charge in [-0.3, -0.25) is 0 Å². The lowest BCUT2D eigenvalue weighted by Gasteiger charge is -2.24. The number of anilines is 1. The molecule has 0 amide bonds. The molecule has 94 valence electrons.